The molecule has 0 unspecified atom stereocenters. The summed E-state index contributed by atoms with van der Waals surface area (Å²) < 4.78 is 0. The van der Waals surface area contributed by atoms with Gasteiger partial charge in [-0.25, -0.2) is 0 Å². The Bertz CT molecular complexity index is 441. The molecule has 2 N–H and O–H groups in total. The summed E-state index contributed by atoms with van der Waals surface area (Å²) in [4.78, 5) is 2.06. The minimum Gasteiger partial charge on any atom is -0.325 e. The van der Waals surface area contributed by atoms with E-state index in [9.17, 15) is 0 Å². The molecule has 1 heterocycles. The fourth-order valence-electron chi connectivity index (χ4n) is 5.12. The first kappa shape index (κ1) is 11.0. The van der Waals surface area contributed by atoms with Crippen LogP contribution < -0.4 is 5.73 Å². The lowest BCUT2D eigenvalue weighted by atomic mass is 9.53. The van der Waals surface area contributed by atoms with Crippen molar-refractivity contribution in [2.75, 3.05) is 0 Å². The van der Waals surface area contributed by atoms with Gasteiger partial charge in [0, 0.05) is 6.54 Å². The van der Waals surface area contributed by atoms with Crippen LogP contribution in [0.3, 0.4) is 0 Å². The molecule has 4 aliphatic carbocycles. The molecule has 4 heteroatoms. The Balaban J connectivity index is 1.74. The molecule has 18 heavy (non-hydrogen) atoms. The minimum atomic E-state index is 0.243. The van der Waals surface area contributed by atoms with Gasteiger partial charge in [0.2, 0.25) is 0 Å². The summed E-state index contributed by atoms with van der Waals surface area (Å²) >= 11 is 0. The van der Waals surface area contributed by atoms with Gasteiger partial charge in [0.05, 0.1) is 16.9 Å². The molecular weight excluding hydrogens is 224 g/mol. The Hall–Kier alpha value is -0.900. The van der Waals surface area contributed by atoms with Crippen molar-refractivity contribution in [3.8, 4) is 0 Å². The molecule has 1 aromatic rings. The van der Waals surface area contributed by atoms with Gasteiger partial charge in [0.15, 0.2) is 0 Å². The Kier molecular flexibility index (Phi) is 2.17. The summed E-state index contributed by atoms with van der Waals surface area (Å²) in [5, 5.41) is 9.40. The zero-order valence-electron chi connectivity index (χ0n) is 11.1. The topological polar surface area (TPSA) is 56.7 Å². The Labute approximate surface area is 108 Å². The summed E-state index contributed by atoms with van der Waals surface area (Å²) in [7, 11) is 0. The fourth-order valence-corrected chi connectivity index (χ4v) is 5.12. The van der Waals surface area contributed by atoms with Crippen molar-refractivity contribution in [2.45, 2.75) is 57.5 Å². The van der Waals surface area contributed by atoms with Gasteiger partial charge >= 0.3 is 0 Å². The van der Waals surface area contributed by atoms with Gasteiger partial charge in [-0.05, 0) is 63.2 Å². The van der Waals surface area contributed by atoms with Gasteiger partial charge in [0.1, 0.15) is 0 Å². The molecule has 4 fully saturated rings. The van der Waals surface area contributed by atoms with E-state index in [0.29, 0.717) is 6.54 Å². The monoisotopic (exact) mass is 246 g/mol. The van der Waals surface area contributed by atoms with Crippen LogP contribution in [0.25, 0.3) is 0 Å². The minimum absolute atomic E-state index is 0.243. The van der Waals surface area contributed by atoms with Gasteiger partial charge in [-0.2, -0.15) is 15.0 Å². The lowest BCUT2D eigenvalue weighted by Crippen LogP contribution is -2.52. The highest BCUT2D eigenvalue weighted by Gasteiger charge is 2.53. The first-order chi connectivity index (χ1) is 8.68. The van der Waals surface area contributed by atoms with E-state index in [0.717, 1.165) is 29.1 Å². The molecule has 0 atom stereocenters. The third-order valence-corrected chi connectivity index (χ3v) is 5.50. The number of nitrogens with zero attached hydrogens (tertiary/aromatic N) is 3. The SMILES string of the molecule is Cc1nn(C23CC4CC(CC(C4)C2)C3)nc1CN. The Morgan fingerprint density at radius 3 is 2.11 bits per heavy atom. The largest absolute Gasteiger partial charge is 0.325 e. The van der Waals surface area contributed by atoms with Crippen LogP contribution >= 0.6 is 0 Å². The smallest absolute Gasteiger partial charge is 0.0992 e. The Morgan fingerprint density at radius 2 is 1.67 bits per heavy atom. The molecule has 0 amide bonds. The number of nitrogens with two attached hydrogens (primary N) is 1. The summed E-state index contributed by atoms with van der Waals surface area (Å²) in [6.45, 7) is 2.55. The first-order valence-electron chi connectivity index (χ1n) is 7.32. The number of aryl methyl sites for hydroxylation is 1. The van der Waals surface area contributed by atoms with Crippen molar-refractivity contribution in [1.29, 1.82) is 0 Å². The van der Waals surface area contributed by atoms with Crippen molar-refractivity contribution in [2.24, 2.45) is 23.5 Å². The van der Waals surface area contributed by atoms with Crippen LogP contribution in [0.1, 0.15) is 49.9 Å². The summed E-state index contributed by atoms with van der Waals surface area (Å²) in [6.07, 6.45) is 8.29. The molecule has 4 saturated carbocycles. The maximum Gasteiger partial charge on any atom is 0.0992 e. The lowest BCUT2D eigenvalue weighted by Gasteiger charge is -2.55. The van der Waals surface area contributed by atoms with Crippen molar-refractivity contribution in [3.63, 3.8) is 0 Å². The molecular formula is C14H22N4. The molecule has 98 valence electrons. The number of hydrogen-bond donors (Lipinski definition) is 1. The van der Waals surface area contributed by atoms with Crippen LogP contribution in [0, 0.1) is 24.7 Å². The number of aromatic nitrogens is 3. The molecule has 0 aliphatic heterocycles. The molecule has 5 rings (SSSR count). The molecule has 4 bridgehead atoms. The molecule has 4 aliphatic rings. The third-order valence-electron chi connectivity index (χ3n) is 5.50. The number of hydrogen-bond acceptors (Lipinski definition) is 3. The second-order valence-corrected chi connectivity index (χ2v) is 6.87. The van der Waals surface area contributed by atoms with Crippen molar-refractivity contribution < 1.29 is 0 Å². The highest BCUT2D eigenvalue weighted by Crippen LogP contribution is 2.58. The predicted octanol–water partition coefficient (Wildman–Crippen LogP) is 1.97. The highest BCUT2D eigenvalue weighted by molar-refractivity contribution is 5.09. The average molecular weight is 246 g/mol. The van der Waals surface area contributed by atoms with E-state index in [4.69, 9.17) is 15.9 Å². The Morgan fingerprint density at radius 1 is 1.11 bits per heavy atom. The normalized spacial score (nSPS) is 41.6. The van der Waals surface area contributed by atoms with E-state index in [2.05, 4.69) is 4.80 Å². The van der Waals surface area contributed by atoms with Crippen molar-refractivity contribution >= 4 is 0 Å². The van der Waals surface area contributed by atoms with E-state index < -0.39 is 0 Å². The maximum atomic E-state index is 5.74. The highest BCUT2D eigenvalue weighted by atomic mass is 15.5. The lowest BCUT2D eigenvalue weighted by molar-refractivity contribution is -0.0569. The second kappa shape index (κ2) is 3.56. The second-order valence-electron chi connectivity index (χ2n) is 6.87. The average Bonchev–Trinajstić information content (AvgIpc) is 2.69. The van der Waals surface area contributed by atoms with Crippen LogP contribution in [0.2, 0.25) is 0 Å². The van der Waals surface area contributed by atoms with Crippen molar-refractivity contribution in [1.82, 2.24) is 15.0 Å². The van der Waals surface area contributed by atoms with Crippen LogP contribution in [0.15, 0.2) is 0 Å². The van der Waals surface area contributed by atoms with E-state index >= 15 is 0 Å². The van der Waals surface area contributed by atoms with Gasteiger partial charge < -0.3 is 5.73 Å². The van der Waals surface area contributed by atoms with Crippen molar-refractivity contribution in [3.05, 3.63) is 11.4 Å². The molecule has 0 radical (unpaired) electrons. The molecule has 0 spiro atoms. The summed E-state index contributed by atoms with van der Waals surface area (Å²) in [6, 6.07) is 0. The molecule has 0 saturated heterocycles. The first-order valence-corrected chi connectivity index (χ1v) is 7.32. The van der Waals surface area contributed by atoms with E-state index in [1.807, 2.05) is 6.92 Å². The third kappa shape index (κ3) is 1.41. The van der Waals surface area contributed by atoms with Gasteiger partial charge in [-0.15, -0.1) is 0 Å². The van der Waals surface area contributed by atoms with Crippen LogP contribution in [-0.2, 0) is 12.1 Å². The molecule has 0 aromatic carbocycles. The van der Waals surface area contributed by atoms with Crippen LogP contribution in [0.4, 0.5) is 0 Å². The molecule has 1 aromatic heterocycles. The van der Waals surface area contributed by atoms with Gasteiger partial charge in [0.25, 0.3) is 0 Å². The van der Waals surface area contributed by atoms with E-state index in [1.165, 1.54) is 38.5 Å². The quantitative estimate of drug-likeness (QED) is 0.868. The number of rotatable bonds is 2. The predicted molar refractivity (Wildman–Crippen MR) is 68.8 cm³/mol. The zero-order chi connectivity index (χ0) is 12.3. The van der Waals surface area contributed by atoms with Crippen LogP contribution in [-0.4, -0.2) is 15.0 Å². The summed E-state index contributed by atoms with van der Waals surface area (Å²) in [5.74, 6) is 2.80. The maximum absolute atomic E-state index is 5.74. The molecule has 4 nitrogen and oxygen atoms in total. The fraction of sp³-hybridized carbons (Fsp3) is 0.857. The van der Waals surface area contributed by atoms with E-state index in [-0.39, 0.29) is 5.54 Å². The van der Waals surface area contributed by atoms with E-state index in [1.54, 1.807) is 0 Å². The zero-order valence-corrected chi connectivity index (χ0v) is 11.1. The van der Waals surface area contributed by atoms with Gasteiger partial charge in [-0.1, -0.05) is 0 Å². The standard InChI is InChI=1S/C14H22N4/c1-9-13(8-15)17-18(16-9)14-5-10-2-11(6-14)4-12(3-10)7-14/h10-12H,2-8,15H2,1H3. The summed E-state index contributed by atoms with van der Waals surface area (Å²) in [5.41, 5.74) is 7.98. The van der Waals surface area contributed by atoms with Crippen LogP contribution in [0.5, 0.6) is 0 Å². The van der Waals surface area contributed by atoms with Gasteiger partial charge in [-0.3, -0.25) is 0 Å².